The Morgan fingerprint density at radius 3 is 2.38 bits per heavy atom. The van der Waals surface area contributed by atoms with E-state index in [1.807, 2.05) is 48.5 Å². The molecule has 164 valence electrons. The quantitative estimate of drug-likeness (QED) is 0.536. The van der Waals surface area contributed by atoms with Crippen LogP contribution >= 0.6 is 0 Å². The minimum Gasteiger partial charge on any atom is -0.422 e. The number of amides is 1. The van der Waals surface area contributed by atoms with E-state index in [9.17, 15) is 9.59 Å². The number of fused-ring (bicyclic) bond motifs is 1. The molecule has 0 radical (unpaired) electrons. The van der Waals surface area contributed by atoms with E-state index in [0.29, 0.717) is 22.3 Å². The van der Waals surface area contributed by atoms with Gasteiger partial charge in [0, 0.05) is 17.0 Å². The Bertz CT molecular complexity index is 1220. The lowest BCUT2D eigenvalue weighted by atomic mass is 9.48. The molecule has 1 aromatic heterocycles. The van der Waals surface area contributed by atoms with Gasteiger partial charge in [-0.2, -0.15) is 0 Å². The van der Waals surface area contributed by atoms with Crippen LogP contribution in [0.4, 0.5) is 0 Å². The van der Waals surface area contributed by atoms with Crippen LogP contribution in [0.2, 0.25) is 0 Å². The molecular formula is C28H29NO3. The summed E-state index contributed by atoms with van der Waals surface area (Å²) in [6.07, 6.45) is 7.98. The van der Waals surface area contributed by atoms with Crippen molar-refractivity contribution in [3.8, 4) is 11.1 Å². The lowest BCUT2D eigenvalue weighted by molar-refractivity contribution is -0.0688. The van der Waals surface area contributed by atoms with Crippen molar-refractivity contribution in [2.24, 2.45) is 23.2 Å². The lowest BCUT2D eigenvalue weighted by Crippen LogP contribution is -2.55. The fraction of sp³-hybridized carbons (Fsp3) is 0.429. The molecule has 4 aliphatic rings. The molecule has 4 saturated carbocycles. The maximum absolute atomic E-state index is 13.2. The van der Waals surface area contributed by atoms with E-state index in [1.54, 1.807) is 6.07 Å². The van der Waals surface area contributed by atoms with Crippen molar-refractivity contribution in [1.29, 1.82) is 0 Å². The van der Waals surface area contributed by atoms with Crippen molar-refractivity contribution in [2.45, 2.75) is 51.5 Å². The van der Waals surface area contributed by atoms with Gasteiger partial charge in [-0.25, -0.2) is 4.79 Å². The number of nitrogens with one attached hydrogen (secondary N) is 1. The van der Waals surface area contributed by atoms with Crippen LogP contribution in [0, 0.1) is 23.2 Å². The van der Waals surface area contributed by atoms with Crippen molar-refractivity contribution >= 4 is 16.9 Å². The number of para-hydroxylation sites is 1. The van der Waals surface area contributed by atoms with E-state index in [2.05, 4.69) is 12.2 Å². The zero-order valence-electron chi connectivity index (χ0n) is 18.5. The number of rotatable bonds is 4. The van der Waals surface area contributed by atoms with E-state index in [1.165, 1.54) is 38.5 Å². The van der Waals surface area contributed by atoms with Gasteiger partial charge in [-0.15, -0.1) is 0 Å². The number of carbonyl (C=O) groups is 1. The first-order valence-corrected chi connectivity index (χ1v) is 11.9. The molecule has 1 amide bonds. The summed E-state index contributed by atoms with van der Waals surface area (Å²) in [5, 5.41) is 4.20. The number of hydrogen-bond acceptors (Lipinski definition) is 3. The molecule has 1 N–H and O–H groups in total. The second-order valence-electron chi connectivity index (χ2n) is 10.5. The summed E-state index contributed by atoms with van der Waals surface area (Å²) in [5.74, 6) is 2.52. The topological polar surface area (TPSA) is 59.3 Å². The molecule has 0 unspecified atom stereocenters. The van der Waals surface area contributed by atoms with Crippen molar-refractivity contribution in [2.75, 3.05) is 0 Å². The van der Waals surface area contributed by atoms with Crippen molar-refractivity contribution in [3.05, 3.63) is 70.6 Å². The molecule has 7 rings (SSSR count). The minimum absolute atomic E-state index is 0.0553. The van der Waals surface area contributed by atoms with Crippen LogP contribution in [-0.2, 0) is 0 Å². The van der Waals surface area contributed by atoms with E-state index >= 15 is 0 Å². The van der Waals surface area contributed by atoms with Crippen molar-refractivity contribution in [3.63, 3.8) is 0 Å². The molecule has 4 aliphatic carbocycles. The third kappa shape index (κ3) is 3.28. The summed E-state index contributed by atoms with van der Waals surface area (Å²) in [4.78, 5) is 25.8. The van der Waals surface area contributed by atoms with Crippen molar-refractivity contribution < 1.29 is 9.21 Å². The summed E-state index contributed by atoms with van der Waals surface area (Å²) >= 11 is 0. The number of hydrogen-bond donors (Lipinski definition) is 1. The summed E-state index contributed by atoms with van der Waals surface area (Å²) in [7, 11) is 0. The van der Waals surface area contributed by atoms with Gasteiger partial charge in [-0.3, -0.25) is 4.79 Å². The highest BCUT2D eigenvalue weighted by Gasteiger charge is 2.53. The van der Waals surface area contributed by atoms with Gasteiger partial charge in [0.2, 0.25) is 0 Å². The molecule has 0 aliphatic heterocycles. The highest BCUT2D eigenvalue weighted by Crippen LogP contribution is 2.61. The maximum atomic E-state index is 13.2. The smallest absolute Gasteiger partial charge is 0.344 e. The first kappa shape index (κ1) is 19.8. The van der Waals surface area contributed by atoms with Crippen LogP contribution in [0.25, 0.3) is 22.1 Å². The van der Waals surface area contributed by atoms with E-state index in [0.717, 1.165) is 23.1 Å². The SMILES string of the molecule is C[C@@H](NC(=O)c1cccc(-c2cc3ccccc3oc2=O)c1)C12CC3CC(CC(C3)C1)C2. The zero-order chi connectivity index (χ0) is 21.9. The van der Waals surface area contributed by atoms with Gasteiger partial charge in [-0.05, 0) is 98.4 Å². The minimum atomic E-state index is -0.386. The van der Waals surface area contributed by atoms with Crippen molar-refractivity contribution in [1.82, 2.24) is 5.32 Å². The Morgan fingerprint density at radius 1 is 0.969 bits per heavy atom. The van der Waals surface area contributed by atoms with Gasteiger partial charge >= 0.3 is 5.63 Å². The van der Waals surface area contributed by atoms with Gasteiger partial charge in [-0.1, -0.05) is 30.3 Å². The molecule has 4 fully saturated rings. The molecule has 3 aromatic rings. The maximum Gasteiger partial charge on any atom is 0.344 e. The van der Waals surface area contributed by atoms with Gasteiger partial charge in [0.15, 0.2) is 0 Å². The van der Waals surface area contributed by atoms with Crippen LogP contribution in [-0.4, -0.2) is 11.9 Å². The average Bonchev–Trinajstić information content (AvgIpc) is 2.78. The molecule has 0 saturated heterocycles. The predicted molar refractivity (Wildman–Crippen MR) is 125 cm³/mol. The first-order valence-electron chi connectivity index (χ1n) is 11.9. The van der Waals surface area contributed by atoms with Crippen LogP contribution in [0.15, 0.2) is 63.8 Å². The Kier molecular flexibility index (Phi) is 4.53. The molecule has 4 bridgehead atoms. The van der Waals surface area contributed by atoms with Gasteiger partial charge in [0.1, 0.15) is 5.58 Å². The van der Waals surface area contributed by atoms with E-state index in [4.69, 9.17) is 4.42 Å². The molecule has 2 aromatic carbocycles. The first-order chi connectivity index (χ1) is 15.5. The fourth-order valence-electron chi connectivity index (χ4n) is 7.23. The van der Waals surface area contributed by atoms with Crippen LogP contribution in [0.5, 0.6) is 0 Å². The molecular weight excluding hydrogens is 398 g/mol. The van der Waals surface area contributed by atoms with Crippen LogP contribution in [0.3, 0.4) is 0 Å². The Labute approximate surface area is 188 Å². The average molecular weight is 428 g/mol. The molecule has 1 atom stereocenters. The standard InChI is InChI=1S/C28H29NO3/c1-17(28-14-18-9-19(15-28)11-20(10-18)16-28)29-26(30)23-7-4-6-21(12-23)24-13-22-5-2-3-8-25(22)32-27(24)31/h2-8,12-13,17-20H,9-11,14-16H2,1H3,(H,29,30)/t17-,18?,19?,20?,28?/m1/s1. The Balaban J connectivity index is 1.26. The third-order valence-electron chi connectivity index (χ3n) is 8.43. The Hall–Kier alpha value is -2.88. The van der Waals surface area contributed by atoms with Gasteiger partial charge in [0.25, 0.3) is 5.91 Å². The third-order valence-corrected chi connectivity index (χ3v) is 8.43. The Morgan fingerprint density at radius 2 is 1.66 bits per heavy atom. The zero-order valence-corrected chi connectivity index (χ0v) is 18.5. The van der Waals surface area contributed by atoms with E-state index in [-0.39, 0.29) is 23.0 Å². The molecule has 32 heavy (non-hydrogen) atoms. The van der Waals surface area contributed by atoms with E-state index < -0.39 is 0 Å². The van der Waals surface area contributed by atoms with Crippen LogP contribution in [0.1, 0.15) is 55.8 Å². The second kappa shape index (κ2) is 7.33. The predicted octanol–water partition coefficient (Wildman–Crippen LogP) is 5.79. The monoisotopic (exact) mass is 427 g/mol. The molecule has 0 spiro atoms. The number of benzene rings is 2. The second-order valence-corrected chi connectivity index (χ2v) is 10.5. The normalized spacial score (nSPS) is 29.2. The summed E-state index contributed by atoms with van der Waals surface area (Å²) < 4.78 is 5.49. The molecule has 4 nitrogen and oxygen atoms in total. The van der Waals surface area contributed by atoms with Gasteiger partial charge in [0.05, 0.1) is 5.56 Å². The summed E-state index contributed by atoms with van der Waals surface area (Å²) in [6.45, 7) is 2.20. The van der Waals surface area contributed by atoms with Crippen LogP contribution < -0.4 is 10.9 Å². The number of carbonyl (C=O) groups excluding carboxylic acids is 1. The fourth-order valence-corrected chi connectivity index (χ4v) is 7.23. The highest BCUT2D eigenvalue weighted by atomic mass is 16.4. The van der Waals surface area contributed by atoms with Gasteiger partial charge < -0.3 is 9.73 Å². The molecule has 1 heterocycles. The largest absolute Gasteiger partial charge is 0.422 e. The summed E-state index contributed by atoms with van der Waals surface area (Å²) in [6, 6.07) is 16.8. The highest BCUT2D eigenvalue weighted by molar-refractivity contribution is 5.96. The molecule has 4 heteroatoms. The summed E-state index contributed by atoms with van der Waals surface area (Å²) in [5.41, 5.74) is 2.23. The lowest BCUT2D eigenvalue weighted by Gasteiger charge is -2.59.